The number of imidazole rings is 1. The summed E-state index contributed by atoms with van der Waals surface area (Å²) >= 11 is 0. The van der Waals surface area contributed by atoms with Gasteiger partial charge in [-0.3, -0.25) is 9.59 Å². The molecule has 11 heteroatoms. The Hall–Kier alpha value is -2.95. The van der Waals surface area contributed by atoms with E-state index in [4.69, 9.17) is 0 Å². The fraction of sp³-hybridized carbons (Fsp3) is 0.500. The van der Waals surface area contributed by atoms with Crippen molar-refractivity contribution in [2.45, 2.75) is 44.5 Å². The number of hydrogen-bond acceptors (Lipinski definition) is 4. The second-order valence-corrected chi connectivity index (χ2v) is 8.35. The average Bonchev–Trinajstić information content (AvgIpc) is 3.20. The van der Waals surface area contributed by atoms with Crippen LogP contribution in [0.1, 0.15) is 36.2 Å². The maximum Gasteiger partial charge on any atom is 0.425 e. The van der Waals surface area contributed by atoms with Crippen molar-refractivity contribution < 1.29 is 32.3 Å². The van der Waals surface area contributed by atoms with E-state index in [1.807, 2.05) is 0 Å². The third-order valence-corrected chi connectivity index (χ3v) is 5.99. The van der Waals surface area contributed by atoms with E-state index in [2.05, 4.69) is 10.3 Å². The molecule has 1 atom stereocenters. The van der Waals surface area contributed by atoms with Crippen molar-refractivity contribution >= 4 is 11.8 Å². The van der Waals surface area contributed by atoms with Crippen LogP contribution in [0.3, 0.4) is 0 Å². The Kier molecular flexibility index (Phi) is 7.11. The molecule has 1 aromatic heterocycles. The molecule has 2 heterocycles. The zero-order valence-electron chi connectivity index (χ0n) is 18.3. The van der Waals surface area contributed by atoms with Crippen molar-refractivity contribution in [1.29, 1.82) is 0 Å². The molecule has 2 aromatic rings. The molecule has 180 valence electrons. The van der Waals surface area contributed by atoms with Gasteiger partial charge in [0.2, 0.25) is 17.4 Å². The van der Waals surface area contributed by atoms with Gasteiger partial charge in [0.25, 0.3) is 0 Å². The number of halogens is 4. The highest BCUT2D eigenvalue weighted by molar-refractivity contribution is 5.80. The Bertz CT molecular complexity index is 1020. The number of aliphatic hydroxyl groups is 1. The van der Waals surface area contributed by atoms with Crippen molar-refractivity contribution in [1.82, 2.24) is 19.8 Å². The largest absolute Gasteiger partial charge is 0.425 e. The summed E-state index contributed by atoms with van der Waals surface area (Å²) in [6, 6.07) is 4.68. The number of carbonyl (C=O) groups is 2. The summed E-state index contributed by atoms with van der Waals surface area (Å²) in [6.45, 7) is 1.96. The fourth-order valence-electron chi connectivity index (χ4n) is 3.87. The highest BCUT2D eigenvalue weighted by Crippen LogP contribution is 2.41. The van der Waals surface area contributed by atoms with E-state index in [1.165, 1.54) is 24.2 Å². The second-order valence-electron chi connectivity index (χ2n) is 8.35. The number of piperidine rings is 1. The number of aryl methyl sites for hydroxylation is 2. The third kappa shape index (κ3) is 5.35. The quantitative estimate of drug-likeness (QED) is 0.636. The van der Waals surface area contributed by atoms with Crippen molar-refractivity contribution in [3.05, 3.63) is 53.4 Å². The van der Waals surface area contributed by atoms with Gasteiger partial charge in [-0.25, -0.2) is 9.37 Å². The number of nitrogens with one attached hydrogen (secondary N) is 1. The lowest BCUT2D eigenvalue weighted by atomic mass is 9.93. The standard InChI is InChI=1S/C22H26F4N4O3/c1-14-3-4-15(11-17(14)23)13-28-19(32)16-5-8-30(9-6-16)18(31)12-21(33,22(24,25)26)20-27-7-10-29(20)2/h3-4,7,10-11,16,33H,5-6,8-9,12-13H2,1-2H3,(H,28,32). The number of carbonyl (C=O) groups excluding carboxylic acids is 2. The molecule has 7 nitrogen and oxygen atoms in total. The summed E-state index contributed by atoms with van der Waals surface area (Å²) < 4.78 is 55.7. The first-order chi connectivity index (χ1) is 15.4. The summed E-state index contributed by atoms with van der Waals surface area (Å²) in [6.07, 6.45) is -3.39. The van der Waals surface area contributed by atoms with E-state index in [9.17, 15) is 32.3 Å². The molecule has 0 saturated carbocycles. The Labute approximate surface area is 188 Å². The highest BCUT2D eigenvalue weighted by atomic mass is 19.4. The minimum atomic E-state index is -5.10. The lowest BCUT2D eigenvalue weighted by Gasteiger charge is -2.35. The first-order valence-electron chi connectivity index (χ1n) is 10.5. The smallest absolute Gasteiger partial charge is 0.374 e. The van der Waals surface area contributed by atoms with Crippen molar-refractivity contribution in [2.75, 3.05) is 13.1 Å². The molecule has 2 N–H and O–H groups in total. The number of amides is 2. The van der Waals surface area contributed by atoms with Crippen LogP contribution in [0, 0.1) is 18.7 Å². The lowest BCUT2D eigenvalue weighted by molar-refractivity contribution is -0.272. The van der Waals surface area contributed by atoms with E-state index < -0.39 is 35.8 Å². The van der Waals surface area contributed by atoms with Crippen LogP contribution in [-0.2, 0) is 28.8 Å². The molecule has 1 saturated heterocycles. The molecule has 0 radical (unpaired) electrons. The van der Waals surface area contributed by atoms with Gasteiger partial charge < -0.3 is 19.9 Å². The number of aromatic nitrogens is 2. The fourth-order valence-corrected chi connectivity index (χ4v) is 3.87. The van der Waals surface area contributed by atoms with Gasteiger partial charge in [0.1, 0.15) is 5.82 Å². The molecule has 1 unspecified atom stereocenters. The van der Waals surface area contributed by atoms with Gasteiger partial charge in [-0.15, -0.1) is 0 Å². The Balaban J connectivity index is 1.56. The van der Waals surface area contributed by atoms with E-state index >= 15 is 0 Å². The summed E-state index contributed by atoms with van der Waals surface area (Å²) in [4.78, 5) is 29.9. The summed E-state index contributed by atoms with van der Waals surface area (Å²) in [7, 11) is 1.30. The highest BCUT2D eigenvalue weighted by Gasteiger charge is 2.59. The lowest BCUT2D eigenvalue weighted by Crippen LogP contribution is -2.50. The van der Waals surface area contributed by atoms with Gasteiger partial charge in [0, 0.05) is 45.0 Å². The Morgan fingerprint density at radius 1 is 1.24 bits per heavy atom. The number of likely N-dealkylation sites (tertiary alicyclic amines) is 1. The molecule has 0 aliphatic carbocycles. The first-order valence-corrected chi connectivity index (χ1v) is 10.5. The maximum absolute atomic E-state index is 13.7. The molecule has 0 spiro atoms. The number of alkyl halides is 3. The van der Waals surface area contributed by atoms with Crippen LogP contribution in [0.25, 0.3) is 0 Å². The molecule has 33 heavy (non-hydrogen) atoms. The van der Waals surface area contributed by atoms with Crippen LogP contribution in [0.15, 0.2) is 30.6 Å². The summed E-state index contributed by atoms with van der Waals surface area (Å²) in [5, 5.41) is 13.1. The van der Waals surface area contributed by atoms with Gasteiger partial charge >= 0.3 is 6.18 Å². The van der Waals surface area contributed by atoms with Crippen LogP contribution in [0.2, 0.25) is 0 Å². The second kappa shape index (κ2) is 9.50. The molecule has 1 fully saturated rings. The van der Waals surface area contributed by atoms with Crippen LogP contribution in [0.4, 0.5) is 17.6 Å². The SMILES string of the molecule is Cc1ccc(CNC(=O)C2CCN(C(=O)CC(O)(c3nccn3C)C(F)(F)F)CC2)cc1F. The zero-order valence-corrected chi connectivity index (χ0v) is 18.3. The van der Waals surface area contributed by atoms with Gasteiger partial charge in [-0.1, -0.05) is 12.1 Å². The molecule has 1 aromatic carbocycles. The first kappa shape index (κ1) is 24.7. The van der Waals surface area contributed by atoms with Crippen molar-refractivity contribution in [3.8, 4) is 0 Å². The molecular formula is C22H26F4N4O3. The van der Waals surface area contributed by atoms with Gasteiger partial charge in [0.05, 0.1) is 6.42 Å². The third-order valence-electron chi connectivity index (χ3n) is 5.99. The molecule has 3 rings (SSSR count). The normalized spacial score (nSPS) is 17.0. The predicted molar refractivity (Wildman–Crippen MR) is 110 cm³/mol. The zero-order chi connectivity index (χ0) is 24.4. The van der Waals surface area contributed by atoms with E-state index in [0.717, 1.165) is 10.8 Å². The van der Waals surface area contributed by atoms with Crippen molar-refractivity contribution in [3.63, 3.8) is 0 Å². The van der Waals surface area contributed by atoms with Gasteiger partial charge in [-0.05, 0) is 37.0 Å². The molecule has 2 amide bonds. The Morgan fingerprint density at radius 2 is 1.91 bits per heavy atom. The monoisotopic (exact) mass is 470 g/mol. The summed E-state index contributed by atoms with van der Waals surface area (Å²) in [5.74, 6) is -2.57. The Morgan fingerprint density at radius 3 is 2.45 bits per heavy atom. The van der Waals surface area contributed by atoms with Crippen molar-refractivity contribution in [2.24, 2.45) is 13.0 Å². The van der Waals surface area contributed by atoms with Crippen LogP contribution in [-0.4, -0.2) is 50.6 Å². The number of nitrogens with zero attached hydrogens (tertiary/aromatic N) is 3. The minimum Gasteiger partial charge on any atom is -0.374 e. The van der Waals surface area contributed by atoms with E-state index in [1.54, 1.807) is 19.1 Å². The molecule has 1 aliphatic rings. The van der Waals surface area contributed by atoms with Crippen LogP contribution >= 0.6 is 0 Å². The van der Waals surface area contributed by atoms with Crippen LogP contribution < -0.4 is 5.32 Å². The predicted octanol–water partition coefficient (Wildman–Crippen LogP) is 2.56. The number of benzene rings is 1. The van der Waals surface area contributed by atoms with Gasteiger partial charge in [-0.2, -0.15) is 13.2 Å². The number of rotatable bonds is 6. The molecular weight excluding hydrogens is 444 g/mol. The maximum atomic E-state index is 13.7. The molecule has 1 aliphatic heterocycles. The summed E-state index contributed by atoms with van der Waals surface area (Å²) in [5.41, 5.74) is -2.30. The van der Waals surface area contributed by atoms with Gasteiger partial charge in [0.15, 0.2) is 5.82 Å². The minimum absolute atomic E-state index is 0.0879. The topological polar surface area (TPSA) is 87.5 Å². The molecule has 0 bridgehead atoms. The van der Waals surface area contributed by atoms with E-state index in [0.29, 0.717) is 11.1 Å². The van der Waals surface area contributed by atoms with E-state index in [-0.39, 0.29) is 44.2 Å². The average molecular weight is 470 g/mol. The number of hydrogen-bond donors (Lipinski definition) is 2. The van der Waals surface area contributed by atoms with Crippen LogP contribution in [0.5, 0.6) is 0 Å².